The Kier molecular flexibility index (Phi) is 5.17. The lowest BCUT2D eigenvalue weighted by molar-refractivity contribution is -0.875. The van der Waals surface area contributed by atoms with E-state index in [0.29, 0.717) is 11.8 Å². The third-order valence-electron chi connectivity index (χ3n) is 11.1. The van der Waals surface area contributed by atoms with E-state index in [1.807, 2.05) is 14.1 Å². The fourth-order valence-corrected chi connectivity index (χ4v) is 7.76. The lowest BCUT2D eigenvalue weighted by atomic mass is 9.70. The van der Waals surface area contributed by atoms with Crippen LogP contribution in [0.2, 0.25) is 0 Å². The minimum Gasteiger partial charge on any atom is -0.458 e. The highest BCUT2D eigenvalue weighted by Gasteiger charge is 2.64. The molecule has 31 heavy (non-hydrogen) atoms. The van der Waals surface area contributed by atoms with Gasteiger partial charge < -0.3 is 14.0 Å². The molecule has 4 aliphatic carbocycles. The first kappa shape index (κ1) is 23.1. The maximum Gasteiger partial charge on any atom is 0.362 e. The monoisotopic (exact) mass is 434 g/mol. The normalized spacial score (nSPS) is 42.1. The second kappa shape index (κ2) is 6.95. The minimum atomic E-state index is -0.194. The van der Waals surface area contributed by atoms with E-state index in [1.54, 1.807) is 0 Å². The van der Waals surface area contributed by atoms with Crippen LogP contribution in [0.5, 0.6) is 0 Å². The summed E-state index contributed by atoms with van der Waals surface area (Å²) < 4.78 is 12.3. The van der Waals surface area contributed by atoms with Crippen LogP contribution in [0.15, 0.2) is 0 Å². The molecule has 5 heteroatoms. The lowest BCUT2D eigenvalue weighted by Crippen LogP contribution is -2.50. The molecule has 0 unspecified atom stereocenters. The van der Waals surface area contributed by atoms with Crippen molar-refractivity contribution in [3.8, 4) is 0 Å². The van der Waals surface area contributed by atoms with Crippen LogP contribution in [-0.2, 0) is 19.1 Å². The highest BCUT2D eigenvalue weighted by Crippen LogP contribution is 2.67. The summed E-state index contributed by atoms with van der Waals surface area (Å²) >= 11 is 0. The summed E-state index contributed by atoms with van der Waals surface area (Å²) in [4.78, 5) is 25.6. The zero-order valence-electron chi connectivity index (χ0n) is 21.0. The summed E-state index contributed by atoms with van der Waals surface area (Å²) in [7, 11) is 3.84. The summed E-state index contributed by atoms with van der Waals surface area (Å²) in [5.74, 6) is 0.890. The number of esters is 2. The van der Waals surface area contributed by atoms with Crippen LogP contribution in [-0.4, -0.2) is 55.8 Å². The Labute approximate surface area is 188 Å². The van der Waals surface area contributed by atoms with Crippen molar-refractivity contribution in [3.63, 3.8) is 0 Å². The number of hydrogen-bond donors (Lipinski definition) is 0. The Balaban J connectivity index is 1.30. The first-order valence-electron chi connectivity index (χ1n) is 12.3. The molecule has 5 nitrogen and oxygen atoms in total. The molecule has 4 bridgehead atoms. The van der Waals surface area contributed by atoms with Gasteiger partial charge in [-0.3, -0.25) is 0 Å². The van der Waals surface area contributed by atoms with Crippen LogP contribution in [0, 0.1) is 33.5 Å². The molecule has 4 aliphatic rings. The fraction of sp³-hybridized carbons (Fsp3) is 0.923. The molecule has 0 heterocycles. The van der Waals surface area contributed by atoms with Gasteiger partial charge in [-0.05, 0) is 61.2 Å². The SMILES string of the molecule is CC1(C)[C@H]2CC[C@@]1(C)[C@@H](OC(=O)C[N+](C)(C)CC(=O)O[C@H]1C[C@H]3CC[C@@]1(C)C3(C)C)C2. The molecule has 0 aromatic carbocycles. The highest BCUT2D eigenvalue weighted by molar-refractivity contribution is 5.73. The van der Waals surface area contributed by atoms with E-state index < -0.39 is 0 Å². The van der Waals surface area contributed by atoms with E-state index in [-0.39, 0.29) is 63.4 Å². The van der Waals surface area contributed by atoms with Crippen LogP contribution in [0.25, 0.3) is 0 Å². The molecule has 0 N–H and O–H groups in total. The van der Waals surface area contributed by atoms with Gasteiger partial charge in [-0.2, -0.15) is 0 Å². The summed E-state index contributed by atoms with van der Waals surface area (Å²) in [6, 6.07) is 0. The number of quaternary nitrogens is 1. The molecule has 0 aliphatic heterocycles. The van der Waals surface area contributed by atoms with Gasteiger partial charge >= 0.3 is 11.9 Å². The summed E-state index contributed by atoms with van der Waals surface area (Å²) in [5.41, 5.74) is 0.564. The molecule has 4 fully saturated rings. The maximum atomic E-state index is 12.8. The van der Waals surface area contributed by atoms with Crippen LogP contribution in [0.3, 0.4) is 0 Å². The molecule has 0 aromatic rings. The van der Waals surface area contributed by atoms with E-state index >= 15 is 0 Å². The highest BCUT2D eigenvalue weighted by atomic mass is 16.6. The van der Waals surface area contributed by atoms with Crippen molar-refractivity contribution in [2.24, 2.45) is 33.5 Å². The molecule has 176 valence electrons. The second-order valence-electron chi connectivity index (χ2n) is 13.4. The molecule has 0 saturated heterocycles. The first-order chi connectivity index (χ1) is 14.1. The maximum absolute atomic E-state index is 12.8. The van der Waals surface area contributed by atoms with Crippen LogP contribution < -0.4 is 0 Å². The number of ether oxygens (including phenoxy) is 2. The van der Waals surface area contributed by atoms with Crippen LogP contribution in [0.1, 0.15) is 80.1 Å². The Hall–Kier alpha value is -1.10. The van der Waals surface area contributed by atoms with Crippen molar-refractivity contribution in [3.05, 3.63) is 0 Å². The number of likely N-dealkylation sites (N-methyl/N-ethyl adjacent to an activating group) is 1. The zero-order chi connectivity index (χ0) is 23.0. The Morgan fingerprint density at radius 3 is 1.35 bits per heavy atom. The van der Waals surface area contributed by atoms with Gasteiger partial charge in [0.1, 0.15) is 12.2 Å². The number of fused-ring (bicyclic) bond motifs is 4. The molecular formula is C26H44NO4+. The van der Waals surface area contributed by atoms with Crippen molar-refractivity contribution in [1.29, 1.82) is 0 Å². The molecule has 4 rings (SSSR count). The molecular weight excluding hydrogens is 390 g/mol. The van der Waals surface area contributed by atoms with E-state index in [4.69, 9.17) is 9.47 Å². The van der Waals surface area contributed by atoms with E-state index in [2.05, 4.69) is 41.5 Å². The van der Waals surface area contributed by atoms with E-state index in [0.717, 1.165) is 25.7 Å². The van der Waals surface area contributed by atoms with Crippen molar-refractivity contribution in [2.45, 2.75) is 92.3 Å². The van der Waals surface area contributed by atoms with Crippen molar-refractivity contribution in [2.75, 3.05) is 27.2 Å². The molecule has 0 radical (unpaired) electrons. The van der Waals surface area contributed by atoms with Gasteiger partial charge in [0, 0.05) is 10.8 Å². The quantitative estimate of drug-likeness (QED) is 0.454. The molecule has 0 spiro atoms. The smallest absolute Gasteiger partial charge is 0.362 e. The third-order valence-corrected chi connectivity index (χ3v) is 11.1. The Morgan fingerprint density at radius 2 is 1.10 bits per heavy atom. The predicted molar refractivity (Wildman–Crippen MR) is 120 cm³/mol. The standard InChI is InChI=1S/C26H44NO4/c1-23(2)17-9-11-25(23,5)19(13-17)30-21(28)15-27(7,8)16-22(29)31-20-14-18-10-12-26(20,6)24(18,3)4/h17-20H,9-16H2,1-8H3/q+1/t17-,18+,19-,20-,25-,26+/m0/s1. The molecule has 0 amide bonds. The van der Waals surface area contributed by atoms with E-state index in [9.17, 15) is 9.59 Å². The average Bonchev–Trinajstić information content (AvgIpc) is 3.12. The lowest BCUT2D eigenvalue weighted by Gasteiger charge is -2.39. The van der Waals surface area contributed by atoms with Crippen molar-refractivity contribution >= 4 is 11.9 Å². The topological polar surface area (TPSA) is 52.6 Å². The van der Waals surface area contributed by atoms with Gasteiger partial charge in [0.15, 0.2) is 13.1 Å². The molecule has 6 atom stereocenters. The average molecular weight is 435 g/mol. The fourth-order valence-electron chi connectivity index (χ4n) is 7.76. The molecule has 4 saturated carbocycles. The summed E-state index contributed by atoms with van der Waals surface area (Å²) in [6.07, 6.45) is 6.68. The van der Waals surface area contributed by atoms with Gasteiger partial charge in [-0.1, -0.05) is 41.5 Å². The Bertz CT molecular complexity index is 709. The van der Waals surface area contributed by atoms with Gasteiger partial charge in [0.05, 0.1) is 14.1 Å². The minimum absolute atomic E-state index is 0.00285. The predicted octanol–water partition coefficient (Wildman–Crippen LogP) is 4.58. The molecule has 0 aromatic heterocycles. The summed E-state index contributed by atoms with van der Waals surface area (Å²) in [6.45, 7) is 14.3. The number of hydrogen-bond acceptors (Lipinski definition) is 4. The van der Waals surface area contributed by atoms with Gasteiger partial charge in [0.25, 0.3) is 0 Å². The van der Waals surface area contributed by atoms with Gasteiger partial charge in [0.2, 0.25) is 0 Å². The van der Waals surface area contributed by atoms with Crippen LogP contribution in [0.4, 0.5) is 0 Å². The number of carbonyl (C=O) groups excluding carboxylic acids is 2. The Morgan fingerprint density at radius 1 is 0.742 bits per heavy atom. The largest absolute Gasteiger partial charge is 0.458 e. The number of rotatable bonds is 6. The van der Waals surface area contributed by atoms with Crippen molar-refractivity contribution < 1.29 is 23.5 Å². The second-order valence-corrected chi connectivity index (χ2v) is 13.4. The number of nitrogens with zero attached hydrogens (tertiary/aromatic N) is 1. The summed E-state index contributed by atoms with van der Waals surface area (Å²) in [5, 5.41) is 0. The first-order valence-corrected chi connectivity index (χ1v) is 12.3. The zero-order valence-corrected chi connectivity index (χ0v) is 21.0. The number of carbonyl (C=O) groups is 2. The van der Waals surface area contributed by atoms with Gasteiger partial charge in [-0.25, -0.2) is 9.59 Å². The third kappa shape index (κ3) is 3.36. The van der Waals surface area contributed by atoms with Crippen LogP contribution >= 0.6 is 0 Å². The van der Waals surface area contributed by atoms with Gasteiger partial charge in [-0.15, -0.1) is 0 Å². The van der Waals surface area contributed by atoms with Crippen molar-refractivity contribution in [1.82, 2.24) is 0 Å². The van der Waals surface area contributed by atoms with E-state index in [1.165, 1.54) is 12.8 Å².